The Morgan fingerprint density at radius 1 is 1.17 bits per heavy atom. The summed E-state index contributed by atoms with van der Waals surface area (Å²) in [6.45, 7) is 4.16. The van der Waals surface area contributed by atoms with E-state index in [9.17, 15) is 0 Å². The lowest BCUT2D eigenvalue weighted by molar-refractivity contribution is 0.883. The van der Waals surface area contributed by atoms with Crippen molar-refractivity contribution in [3.8, 4) is 0 Å². The molecule has 1 atom stereocenters. The third-order valence-electron chi connectivity index (χ3n) is 3.03. The van der Waals surface area contributed by atoms with Gasteiger partial charge in [-0.2, -0.15) is 0 Å². The molecule has 0 saturated carbocycles. The molecule has 94 valence electrons. The lowest BCUT2D eigenvalue weighted by Crippen LogP contribution is -2.07. The highest BCUT2D eigenvalue weighted by molar-refractivity contribution is 9.10. The van der Waals surface area contributed by atoms with Crippen molar-refractivity contribution >= 4 is 27.3 Å². The van der Waals surface area contributed by atoms with Crippen LogP contribution in [0.25, 0.3) is 0 Å². The highest BCUT2D eigenvalue weighted by Crippen LogP contribution is 2.30. The minimum Gasteiger partial charge on any atom is -0.398 e. The lowest BCUT2D eigenvalue weighted by Gasteiger charge is -2.18. The first-order chi connectivity index (χ1) is 8.58. The van der Waals surface area contributed by atoms with Gasteiger partial charge in [-0.25, -0.2) is 0 Å². The number of anilines is 2. The fraction of sp³-hybridized carbons (Fsp3) is 0.200. The van der Waals surface area contributed by atoms with Crippen molar-refractivity contribution in [3.05, 3.63) is 58.1 Å². The fourth-order valence-corrected chi connectivity index (χ4v) is 2.34. The van der Waals surface area contributed by atoms with E-state index in [2.05, 4.69) is 58.5 Å². The van der Waals surface area contributed by atoms with E-state index in [-0.39, 0.29) is 6.04 Å². The number of aryl methyl sites for hydroxylation is 1. The summed E-state index contributed by atoms with van der Waals surface area (Å²) in [5, 5.41) is 3.49. The van der Waals surface area contributed by atoms with Gasteiger partial charge in [0.1, 0.15) is 0 Å². The molecule has 0 radical (unpaired) electrons. The van der Waals surface area contributed by atoms with Gasteiger partial charge in [0, 0.05) is 21.9 Å². The van der Waals surface area contributed by atoms with Gasteiger partial charge in [-0.15, -0.1) is 0 Å². The Labute approximate surface area is 116 Å². The van der Waals surface area contributed by atoms with Gasteiger partial charge in [-0.1, -0.05) is 30.3 Å². The van der Waals surface area contributed by atoms with E-state index < -0.39 is 0 Å². The van der Waals surface area contributed by atoms with Crippen LogP contribution >= 0.6 is 15.9 Å². The molecule has 2 nitrogen and oxygen atoms in total. The highest BCUT2D eigenvalue weighted by Gasteiger charge is 2.08. The van der Waals surface area contributed by atoms with E-state index in [0.29, 0.717) is 0 Å². The van der Waals surface area contributed by atoms with Gasteiger partial charge >= 0.3 is 0 Å². The molecule has 0 amide bonds. The second-order valence-corrected chi connectivity index (χ2v) is 5.32. The van der Waals surface area contributed by atoms with Crippen LogP contribution in [-0.4, -0.2) is 0 Å². The maximum absolute atomic E-state index is 5.87. The average molecular weight is 305 g/mol. The van der Waals surface area contributed by atoms with E-state index in [1.54, 1.807) is 0 Å². The van der Waals surface area contributed by atoms with Crippen LogP contribution in [0.4, 0.5) is 11.4 Å². The summed E-state index contributed by atoms with van der Waals surface area (Å²) in [5.74, 6) is 0. The van der Waals surface area contributed by atoms with Crippen molar-refractivity contribution < 1.29 is 0 Å². The monoisotopic (exact) mass is 304 g/mol. The Morgan fingerprint density at radius 2 is 1.83 bits per heavy atom. The normalized spacial score (nSPS) is 12.2. The smallest absolute Gasteiger partial charge is 0.0493 e. The first-order valence-corrected chi connectivity index (χ1v) is 6.74. The summed E-state index contributed by atoms with van der Waals surface area (Å²) in [7, 11) is 0. The molecule has 0 aromatic heterocycles. The Kier molecular flexibility index (Phi) is 3.92. The number of nitrogen functional groups attached to an aromatic ring is 1. The molecule has 0 bridgehead atoms. The van der Waals surface area contributed by atoms with Crippen LogP contribution in [0.3, 0.4) is 0 Å². The number of rotatable bonds is 3. The first-order valence-electron chi connectivity index (χ1n) is 5.95. The third-order valence-corrected chi connectivity index (χ3v) is 3.68. The molecule has 1 unspecified atom stereocenters. The highest BCUT2D eigenvalue weighted by atomic mass is 79.9. The Hall–Kier alpha value is -1.48. The van der Waals surface area contributed by atoms with Gasteiger partial charge in [0.15, 0.2) is 0 Å². The maximum Gasteiger partial charge on any atom is 0.0493 e. The zero-order chi connectivity index (χ0) is 13.1. The van der Waals surface area contributed by atoms with Crippen molar-refractivity contribution in [3.63, 3.8) is 0 Å². The summed E-state index contributed by atoms with van der Waals surface area (Å²) in [6, 6.07) is 14.6. The summed E-state index contributed by atoms with van der Waals surface area (Å²) >= 11 is 3.54. The molecule has 3 heteroatoms. The summed E-state index contributed by atoms with van der Waals surface area (Å²) in [6.07, 6.45) is 0. The lowest BCUT2D eigenvalue weighted by atomic mass is 10.1. The predicted molar refractivity (Wildman–Crippen MR) is 81.8 cm³/mol. The summed E-state index contributed by atoms with van der Waals surface area (Å²) in [5.41, 5.74) is 10.1. The second-order valence-electron chi connectivity index (χ2n) is 4.47. The van der Waals surface area contributed by atoms with E-state index in [1.165, 1.54) is 5.56 Å². The van der Waals surface area contributed by atoms with Crippen LogP contribution in [-0.2, 0) is 0 Å². The van der Waals surface area contributed by atoms with Gasteiger partial charge < -0.3 is 11.1 Å². The Bertz CT molecular complexity index is 538. The minimum atomic E-state index is 0.255. The van der Waals surface area contributed by atoms with Crippen LogP contribution in [0.1, 0.15) is 24.1 Å². The van der Waals surface area contributed by atoms with Crippen LogP contribution in [0.2, 0.25) is 0 Å². The van der Waals surface area contributed by atoms with Gasteiger partial charge in [0.25, 0.3) is 0 Å². The zero-order valence-electron chi connectivity index (χ0n) is 10.6. The average Bonchev–Trinajstić information content (AvgIpc) is 2.37. The standard InChI is InChI=1S/C15H17BrN2/c1-10-8-15(13(16)9-14(10)17)18-11(2)12-6-4-3-5-7-12/h3-9,11,18H,17H2,1-2H3. The van der Waals surface area contributed by atoms with Crippen LogP contribution in [0, 0.1) is 6.92 Å². The predicted octanol–water partition coefficient (Wildman–Crippen LogP) is 4.51. The van der Waals surface area contributed by atoms with Gasteiger partial charge in [0.05, 0.1) is 0 Å². The van der Waals surface area contributed by atoms with Crippen molar-refractivity contribution in [2.24, 2.45) is 0 Å². The minimum absolute atomic E-state index is 0.255. The van der Waals surface area contributed by atoms with Gasteiger partial charge in [-0.3, -0.25) is 0 Å². The topological polar surface area (TPSA) is 38.0 Å². The molecule has 0 heterocycles. The molecular weight excluding hydrogens is 288 g/mol. The third kappa shape index (κ3) is 2.85. The van der Waals surface area contributed by atoms with E-state index in [4.69, 9.17) is 5.73 Å². The number of hydrogen-bond donors (Lipinski definition) is 2. The molecular formula is C15H17BrN2. The SMILES string of the molecule is Cc1cc(NC(C)c2ccccc2)c(Br)cc1N. The summed E-state index contributed by atoms with van der Waals surface area (Å²) < 4.78 is 0.994. The fourth-order valence-electron chi connectivity index (χ4n) is 1.87. The molecule has 0 aliphatic rings. The van der Waals surface area contributed by atoms with Crippen LogP contribution in [0.15, 0.2) is 46.9 Å². The number of benzene rings is 2. The number of nitrogens with two attached hydrogens (primary N) is 1. The van der Waals surface area contributed by atoms with Crippen molar-refractivity contribution in [1.29, 1.82) is 0 Å². The zero-order valence-corrected chi connectivity index (χ0v) is 12.2. The van der Waals surface area contributed by atoms with E-state index in [1.807, 2.05) is 19.1 Å². The molecule has 2 aromatic carbocycles. The Balaban J connectivity index is 2.22. The van der Waals surface area contributed by atoms with E-state index >= 15 is 0 Å². The molecule has 0 aliphatic carbocycles. The molecule has 2 rings (SSSR count). The molecule has 2 aromatic rings. The summed E-state index contributed by atoms with van der Waals surface area (Å²) in [4.78, 5) is 0. The molecule has 18 heavy (non-hydrogen) atoms. The second kappa shape index (κ2) is 5.44. The van der Waals surface area contributed by atoms with Gasteiger partial charge in [-0.05, 0) is 53.0 Å². The van der Waals surface area contributed by atoms with Crippen molar-refractivity contribution in [2.75, 3.05) is 11.1 Å². The van der Waals surface area contributed by atoms with Crippen molar-refractivity contribution in [1.82, 2.24) is 0 Å². The van der Waals surface area contributed by atoms with Crippen molar-refractivity contribution in [2.45, 2.75) is 19.9 Å². The molecule has 0 saturated heterocycles. The molecule has 3 N–H and O–H groups in total. The molecule has 0 spiro atoms. The number of halogens is 1. The molecule has 0 aliphatic heterocycles. The number of hydrogen-bond acceptors (Lipinski definition) is 2. The quantitative estimate of drug-likeness (QED) is 0.819. The maximum atomic E-state index is 5.87. The van der Waals surface area contributed by atoms with Crippen LogP contribution < -0.4 is 11.1 Å². The number of nitrogens with one attached hydrogen (secondary N) is 1. The Morgan fingerprint density at radius 3 is 2.50 bits per heavy atom. The van der Waals surface area contributed by atoms with E-state index in [0.717, 1.165) is 21.4 Å². The largest absolute Gasteiger partial charge is 0.398 e. The first kappa shape index (κ1) is 13.0. The molecule has 0 fully saturated rings. The van der Waals surface area contributed by atoms with Gasteiger partial charge in [0.2, 0.25) is 0 Å². The van der Waals surface area contributed by atoms with Crippen LogP contribution in [0.5, 0.6) is 0 Å².